The molecule has 30 heavy (non-hydrogen) atoms. The summed E-state index contributed by atoms with van der Waals surface area (Å²) >= 11 is 0. The van der Waals surface area contributed by atoms with Crippen molar-refractivity contribution in [2.45, 2.75) is 97.3 Å². The van der Waals surface area contributed by atoms with Crippen LogP contribution in [0.5, 0.6) is 0 Å². The summed E-state index contributed by atoms with van der Waals surface area (Å²) in [6.07, 6.45) is 13.5. The molecule has 0 aromatic rings. The number of hydrogen-bond donors (Lipinski definition) is 0. The van der Waals surface area contributed by atoms with E-state index in [0.29, 0.717) is 13.2 Å². The molecule has 0 unspecified atom stereocenters. The van der Waals surface area contributed by atoms with Gasteiger partial charge in [0.05, 0.1) is 13.2 Å². The van der Waals surface area contributed by atoms with Crippen molar-refractivity contribution in [3.63, 3.8) is 0 Å². The maximum atomic E-state index is 11.5. The Labute approximate surface area is 219 Å². The van der Waals surface area contributed by atoms with Gasteiger partial charge in [-0.25, -0.2) is 0 Å². The molecule has 0 aliphatic carbocycles. The van der Waals surface area contributed by atoms with E-state index in [1.54, 1.807) is 0 Å². The summed E-state index contributed by atoms with van der Waals surface area (Å²) in [5.41, 5.74) is 0. The summed E-state index contributed by atoms with van der Waals surface area (Å²) in [6, 6.07) is 0. The minimum absolute atomic E-state index is 0. The van der Waals surface area contributed by atoms with Crippen LogP contribution < -0.4 is 71.7 Å². The minimum atomic E-state index is -2.92. The third kappa shape index (κ3) is 42.7. The van der Waals surface area contributed by atoms with Gasteiger partial charge in [0.2, 0.25) is 0 Å². The third-order valence-corrected chi connectivity index (χ3v) is 3.81. The Morgan fingerprint density at radius 2 is 0.867 bits per heavy atom. The minimum Gasteiger partial charge on any atom is -0.907 e. The van der Waals surface area contributed by atoms with Crippen LogP contribution in [0.15, 0.2) is 0 Å². The molecule has 0 rings (SSSR count). The molecule has 0 radical (unpaired) electrons. The molecule has 0 aliphatic rings. The summed E-state index contributed by atoms with van der Waals surface area (Å²) < 4.78 is 10.1. The Kier molecular flexibility index (Phi) is 46.8. The van der Waals surface area contributed by atoms with Crippen molar-refractivity contribution in [1.29, 1.82) is 0 Å². The molecule has 11 heteroatoms. The number of hydrogen-bond acceptors (Lipinski definition) is 7. The molecule has 0 saturated heterocycles. The second-order valence-corrected chi connectivity index (χ2v) is 6.44. The van der Waals surface area contributed by atoms with Crippen molar-refractivity contribution >= 4 is 19.3 Å². The van der Waals surface area contributed by atoms with Crippen LogP contribution in [0.3, 0.4) is 0 Å². The Hall–Kier alpha value is 0.677. The van der Waals surface area contributed by atoms with Crippen molar-refractivity contribution in [3.8, 4) is 0 Å². The molecule has 0 amide bonds. The van der Waals surface area contributed by atoms with Gasteiger partial charge in [0, 0.05) is 0 Å². The smallest absolute Gasteiger partial charge is 0.907 e. The normalized spacial score (nSPS) is 8.97. The monoisotopic (exact) mass is 408 g/mol. The van der Waals surface area contributed by atoms with Crippen molar-refractivity contribution in [3.05, 3.63) is 0 Å². The molecule has 0 heterocycles. The average Bonchev–Trinajstić information content (AvgIpc) is 2.59. The summed E-state index contributed by atoms with van der Waals surface area (Å²) in [6.45, 7) is 5.20. The molecule has 0 fully saturated rings. The predicted molar refractivity (Wildman–Crippen MR) is 99.0 cm³/mol. The molecule has 0 atom stereocenters. The van der Waals surface area contributed by atoms with E-state index in [9.17, 15) is 9.59 Å². The van der Waals surface area contributed by atoms with Gasteiger partial charge in [0.25, 0.3) is 0 Å². The van der Waals surface area contributed by atoms with Gasteiger partial charge >= 0.3 is 68.5 Å². The van der Waals surface area contributed by atoms with E-state index in [1.165, 1.54) is 51.4 Å². The second kappa shape index (κ2) is 34.3. The van der Waals surface area contributed by atoms with Gasteiger partial charge in [-0.2, -0.15) is 0 Å². The van der Waals surface area contributed by atoms with Crippen molar-refractivity contribution in [2.24, 2.45) is 0 Å². The van der Waals surface area contributed by atoms with Crippen LogP contribution in [0.2, 0.25) is 0 Å². The van der Waals surface area contributed by atoms with Crippen molar-refractivity contribution in [1.82, 2.24) is 0 Å². The predicted octanol–water partition coefficient (Wildman–Crippen LogP) is -7.75. The second-order valence-electron chi connectivity index (χ2n) is 6.44. The van der Waals surface area contributed by atoms with E-state index in [1.807, 2.05) is 0 Å². The molecular weight excluding hydrogens is 372 g/mol. The topological polar surface area (TPSA) is 122 Å². The zero-order valence-electron chi connectivity index (χ0n) is 20.0. The van der Waals surface area contributed by atoms with Gasteiger partial charge < -0.3 is 24.5 Å². The van der Waals surface area contributed by atoms with Gasteiger partial charge in [-0.3, -0.25) is 16.9 Å². The Morgan fingerprint density at radius 1 is 0.600 bits per heavy atom. The van der Waals surface area contributed by atoms with Gasteiger partial charge in [0.1, 0.15) is 6.42 Å². The molecule has 160 valence electrons. The van der Waals surface area contributed by atoms with Crippen LogP contribution in [0, 0.1) is 0 Å². The maximum Gasteiger partial charge on any atom is 1.00 e. The standard InChI is InChI=1S/C19H36O4.BO3.3Li/c1-3-5-7-9-11-13-15-22-18(20)17-19(21)23-16-14-12-10-8-6-4-2;2-1(3)4;;;/h3-17H2,1-2H3;;;;/q;-3;3*+1. The summed E-state index contributed by atoms with van der Waals surface area (Å²) in [4.78, 5) is 22.9. The van der Waals surface area contributed by atoms with Gasteiger partial charge in [0.15, 0.2) is 0 Å². The summed E-state index contributed by atoms with van der Waals surface area (Å²) in [5.74, 6) is -0.932. The fraction of sp³-hybridized carbons (Fsp3) is 0.895. The van der Waals surface area contributed by atoms with Gasteiger partial charge in [-0.1, -0.05) is 78.1 Å². The first kappa shape index (κ1) is 41.0. The van der Waals surface area contributed by atoms with E-state index >= 15 is 0 Å². The molecule has 0 aromatic carbocycles. The van der Waals surface area contributed by atoms with E-state index in [4.69, 9.17) is 24.5 Å². The molecule has 0 saturated carbocycles. The van der Waals surface area contributed by atoms with Crippen LogP contribution >= 0.6 is 0 Å². The maximum absolute atomic E-state index is 11.5. The Morgan fingerprint density at radius 3 is 1.17 bits per heavy atom. The number of carbonyl (C=O) groups excluding carboxylic acids is 2. The van der Waals surface area contributed by atoms with E-state index in [0.717, 1.165) is 25.7 Å². The third-order valence-electron chi connectivity index (χ3n) is 3.81. The molecule has 0 spiro atoms. The first-order valence-electron chi connectivity index (χ1n) is 10.2. The van der Waals surface area contributed by atoms with Gasteiger partial charge in [-0.15, -0.1) is 0 Å². The number of esters is 2. The summed E-state index contributed by atoms with van der Waals surface area (Å²) in [5, 5.41) is 25.2. The molecule has 7 nitrogen and oxygen atoms in total. The number of ether oxygens (including phenoxy) is 2. The van der Waals surface area contributed by atoms with Gasteiger partial charge in [-0.05, 0) is 12.8 Å². The van der Waals surface area contributed by atoms with Crippen LogP contribution in [0.25, 0.3) is 0 Å². The van der Waals surface area contributed by atoms with Crippen LogP contribution in [-0.2, 0) is 19.1 Å². The quantitative estimate of drug-likeness (QED) is 0.108. The van der Waals surface area contributed by atoms with Crippen LogP contribution in [0.4, 0.5) is 0 Å². The zero-order chi connectivity index (χ0) is 20.8. The van der Waals surface area contributed by atoms with Crippen molar-refractivity contribution in [2.75, 3.05) is 13.2 Å². The molecule has 0 aromatic heterocycles. The summed E-state index contributed by atoms with van der Waals surface area (Å²) in [7, 11) is -2.92. The van der Waals surface area contributed by atoms with E-state index in [-0.39, 0.29) is 63.0 Å². The Balaban J connectivity index is -0.000000272. The molecule has 0 bridgehead atoms. The number of carbonyl (C=O) groups is 2. The van der Waals surface area contributed by atoms with E-state index in [2.05, 4.69) is 13.8 Å². The molecule has 0 N–H and O–H groups in total. The molecule has 0 aliphatic heterocycles. The zero-order valence-corrected chi connectivity index (χ0v) is 20.0. The fourth-order valence-corrected chi connectivity index (χ4v) is 2.36. The SMILES string of the molecule is CCCCCCCCOC(=O)CC(=O)OCCCCCCCC.[Li+].[Li+].[Li+].[O-]B([O-])[O-]. The number of rotatable bonds is 16. The Bertz CT molecular complexity index is 321. The molecular formula is C19H36BLi3O7. The average molecular weight is 408 g/mol. The fourth-order valence-electron chi connectivity index (χ4n) is 2.36. The first-order chi connectivity index (χ1) is 12.9. The van der Waals surface area contributed by atoms with Crippen LogP contribution in [0.1, 0.15) is 97.3 Å². The largest absolute Gasteiger partial charge is 1.00 e. The number of unbranched alkanes of at least 4 members (excludes halogenated alkanes) is 10. The van der Waals surface area contributed by atoms with Crippen LogP contribution in [-0.4, -0.2) is 32.5 Å². The van der Waals surface area contributed by atoms with Crippen molar-refractivity contribution < 1.29 is 90.7 Å². The van der Waals surface area contributed by atoms with E-state index < -0.39 is 19.3 Å². The first-order valence-corrected chi connectivity index (χ1v) is 10.2.